The van der Waals surface area contributed by atoms with Crippen LogP contribution in [0.5, 0.6) is 0 Å². The molecule has 5 nitrogen and oxygen atoms in total. The zero-order valence-electron chi connectivity index (χ0n) is 4.70. The molecule has 0 saturated heterocycles. The third-order valence-corrected chi connectivity index (χ3v) is 0.827. The Balaban J connectivity index is 3.87. The fourth-order valence-electron chi connectivity index (χ4n) is 0.296. The zero-order chi connectivity index (χ0) is 7.28. The van der Waals surface area contributed by atoms with Crippen LogP contribution in [-0.4, -0.2) is 12.1 Å². The first-order valence-corrected chi connectivity index (χ1v) is 2.27. The maximum atomic E-state index is 8.20. The maximum Gasteiger partial charge on any atom is 0.136 e. The Morgan fingerprint density at radius 2 is 1.89 bits per heavy atom. The monoisotopic (exact) mass is 125 g/mol. The second kappa shape index (κ2) is 3.81. The lowest BCUT2D eigenvalue weighted by atomic mass is 10.2. The number of nitrogens with one attached hydrogen (secondary N) is 1. The topological polar surface area (TPSA) is 112 Å². The molecule has 48 valence electrons. The molecule has 0 heterocycles. The van der Waals surface area contributed by atoms with Crippen LogP contribution in [0.25, 0.3) is 0 Å². The van der Waals surface area contributed by atoms with Gasteiger partial charge in [-0.15, -0.1) is 0 Å². The van der Waals surface area contributed by atoms with E-state index in [0.29, 0.717) is 0 Å². The highest BCUT2D eigenvalue weighted by molar-refractivity contribution is 5.05. The van der Waals surface area contributed by atoms with Crippen LogP contribution in [0.3, 0.4) is 0 Å². The Bertz CT molecular complexity index is 151. The average molecular weight is 125 g/mol. The molecule has 0 rings (SSSR count). The number of nitrogens with two attached hydrogens (primary N) is 2. The summed E-state index contributed by atoms with van der Waals surface area (Å²) in [6.45, 7) is 0. The quantitative estimate of drug-likeness (QED) is 0.297. The molecule has 0 radical (unpaired) electrons. The van der Waals surface area contributed by atoms with Crippen LogP contribution in [0, 0.1) is 22.7 Å². The Morgan fingerprint density at radius 3 is 2.00 bits per heavy atom. The van der Waals surface area contributed by atoms with Gasteiger partial charge in [0.05, 0.1) is 12.1 Å². The molecule has 0 aromatic carbocycles. The number of hydrogen-bond donors (Lipinski definition) is 3. The van der Waals surface area contributed by atoms with E-state index in [9.17, 15) is 0 Å². The molecule has 0 spiro atoms. The summed E-state index contributed by atoms with van der Waals surface area (Å²) in [5.74, 6) is 4.86. The van der Waals surface area contributed by atoms with Crippen molar-refractivity contribution in [1.29, 1.82) is 10.5 Å². The van der Waals surface area contributed by atoms with Gasteiger partial charge in [-0.05, 0) is 0 Å². The zero-order valence-corrected chi connectivity index (χ0v) is 4.70. The van der Waals surface area contributed by atoms with Gasteiger partial charge in [-0.1, -0.05) is 0 Å². The van der Waals surface area contributed by atoms with E-state index >= 15 is 0 Å². The van der Waals surface area contributed by atoms with Crippen LogP contribution in [0.2, 0.25) is 0 Å². The third-order valence-electron chi connectivity index (χ3n) is 0.827. The number of nitrogens with zero attached hydrogens (tertiary/aromatic N) is 2. The summed E-state index contributed by atoms with van der Waals surface area (Å²) in [7, 11) is 0. The van der Waals surface area contributed by atoms with Crippen LogP contribution >= 0.6 is 0 Å². The molecule has 0 bridgehead atoms. The van der Waals surface area contributed by atoms with Crippen molar-refractivity contribution in [2.45, 2.75) is 12.1 Å². The second-order valence-electron chi connectivity index (χ2n) is 1.43. The van der Waals surface area contributed by atoms with Crippen molar-refractivity contribution in [3.05, 3.63) is 0 Å². The number of nitriles is 2. The molecule has 0 fully saturated rings. The van der Waals surface area contributed by atoms with E-state index in [1.54, 1.807) is 12.1 Å². The summed E-state index contributed by atoms with van der Waals surface area (Å²) in [5, 5.41) is 16.3. The van der Waals surface area contributed by atoms with Crippen molar-refractivity contribution in [3.63, 3.8) is 0 Å². The van der Waals surface area contributed by atoms with E-state index in [4.69, 9.17) is 22.1 Å². The van der Waals surface area contributed by atoms with E-state index in [2.05, 4.69) is 5.43 Å². The average Bonchev–Trinajstić information content (AvgIpc) is 1.90. The van der Waals surface area contributed by atoms with Gasteiger partial charge in [0.15, 0.2) is 0 Å². The smallest absolute Gasteiger partial charge is 0.136 e. The lowest BCUT2D eigenvalue weighted by molar-refractivity contribution is 0.581. The molecule has 2 atom stereocenters. The molecule has 0 aliphatic rings. The van der Waals surface area contributed by atoms with E-state index < -0.39 is 12.1 Å². The molecule has 0 aliphatic carbocycles. The second-order valence-corrected chi connectivity index (χ2v) is 1.43. The Labute approximate surface area is 52.8 Å². The molecule has 5 N–H and O–H groups in total. The highest BCUT2D eigenvalue weighted by Crippen LogP contribution is 1.82. The minimum absolute atomic E-state index is 0.782. The number of hydrazine groups is 1. The van der Waals surface area contributed by atoms with E-state index in [0.717, 1.165) is 0 Å². The number of rotatable bonds is 2. The SMILES string of the molecule is N#CC(N)C(C#N)NN. The highest BCUT2D eigenvalue weighted by Gasteiger charge is 2.13. The molecule has 2 unspecified atom stereocenters. The summed E-state index contributed by atoms with van der Waals surface area (Å²) in [4.78, 5) is 0. The molecule has 9 heavy (non-hydrogen) atoms. The Hall–Kier alpha value is -1.14. The molecule has 0 aromatic heterocycles. The van der Waals surface area contributed by atoms with Gasteiger partial charge in [0.2, 0.25) is 0 Å². The van der Waals surface area contributed by atoms with Crippen molar-refractivity contribution in [1.82, 2.24) is 5.43 Å². The normalized spacial score (nSPS) is 15.1. The summed E-state index contributed by atoms with van der Waals surface area (Å²) in [6.07, 6.45) is 0. The largest absolute Gasteiger partial charge is 0.314 e. The molecular formula is C4H7N5. The first-order chi connectivity index (χ1) is 4.26. The van der Waals surface area contributed by atoms with Crippen LogP contribution < -0.4 is 17.0 Å². The Kier molecular flexibility index (Phi) is 3.33. The summed E-state index contributed by atoms with van der Waals surface area (Å²) in [6, 6.07) is 1.75. The third kappa shape index (κ3) is 2.06. The van der Waals surface area contributed by atoms with Gasteiger partial charge in [-0.2, -0.15) is 10.5 Å². The fraction of sp³-hybridized carbons (Fsp3) is 0.500. The molecule has 5 heteroatoms. The van der Waals surface area contributed by atoms with Crippen molar-refractivity contribution in [2.24, 2.45) is 11.6 Å². The molecule has 0 aliphatic heterocycles. The van der Waals surface area contributed by atoms with Crippen LogP contribution in [0.15, 0.2) is 0 Å². The van der Waals surface area contributed by atoms with Gasteiger partial charge in [0.25, 0.3) is 0 Å². The van der Waals surface area contributed by atoms with Gasteiger partial charge < -0.3 is 5.73 Å². The standard InChI is InChI=1S/C4H7N5/c5-1-3(7)4(2-6)9-8/h3-4,9H,7-8H2. The van der Waals surface area contributed by atoms with Crippen LogP contribution in [-0.2, 0) is 0 Å². The predicted molar refractivity (Wildman–Crippen MR) is 30.3 cm³/mol. The van der Waals surface area contributed by atoms with Crippen molar-refractivity contribution < 1.29 is 0 Å². The van der Waals surface area contributed by atoms with Crippen molar-refractivity contribution in [3.8, 4) is 12.1 Å². The van der Waals surface area contributed by atoms with E-state index in [1.807, 2.05) is 0 Å². The Morgan fingerprint density at radius 1 is 1.33 bits per heavy atom. The lowest BCUT2D eigenvalue weighted by Gasteiger charge is -2.06. The highest BCUT2D eigenvalue weighted by atomic mass is 15.2. The molecular weight excluding hydrogens is 118 g/mol. The van der Waals surface area contributed by atoms with Crippen LogP contribution in [0.4, 0.5) is 0 Å². The predicted octanol–water partition coefficient (Wildman–Crippen LogP) is -1.81. The number of hydrogen-bond acceptors (Lipinski definition) is 5. The fourth-order valence-corrected chi connectivity index (χ4v) is 0.296. The van der Waals surface area contributed by atoms with Gasteiger partial charge in [-0.3, -0.25) is 5.84 Å². The van der Waals surface area contributed by atoms with Crippen molar-refractivity contribution in [2.75, 3.05) is 0 Å². The van der Waals surface area contributed by atoms with Gasteiger partial charge in [0, 0.05) is 0 Å². The summed E-state index contributed by atoms with van der Waals surface area (Å²) >= 11 is 0. The minimum atomic E-state index is -0.861. The first kappa shape index (κ1) is 7.86. The maximum absolute atomic E-state index is 8.20. The van der Waals surface area contributed by atoms with Crippen molar-refractivity contribution >= 4 is 0 Å². The summed E-state index contributed by atoms with van der Waals surface area (Å²) < 4.78 is 0. The van der Waals surface area contributed by atoms with E-state index in [1.165, 1.54) is 0 Å². The first-order valence-electron chi connectivity index (χ1n) is 2.27. The van der Waals surface area contributed by atoms with E-state index in [-0.39, 0.29) is 0 Å². The lowest BCUT2D eigenvalue weighted by Crippen LogP contribution is -2.46. The van der Waals surface area contributed by atoms with Gasteiger partial charge in [-0.25, -0.2) is 5.43 Å². The van der Waals surface area contributed by atoms with Gasteiger partial charge >= 0.3 is 0 Å². The van der Waals surface area contributed by atoms with Gasteiger partial charge in [0.1, 0.15) is 12.1 Å². The van der Waals surface area contributed by atoms with Crippen LogP contribution in [0.1, 0.15) is 0 Å². The molecule has 0 saturated carbocycles. The molecule has 0 aromatic rings. The molecule has 0 amide bonds. The summed E-state index contributed by atoms with van der Waals surface area (Å²) in [5.41, 5.74) is 7.21. The minimum Gasteiger partial charge on any atom is -0.314 e.